The van der Waals surface area contributed by atoms with Crippen LogP contribution in [0.3, 0.4) is 0 Å². The molecule has 0 spiro atoms. The number of carbonyl (C=O) groups excluding carboxylic acids is 2. The number of nitrogens with one attached hydrogen (secondary N) is 2. The standard InChI is InChI=1S/C18H18Cl3N3O2/c1-11(18(26)23-16-8-13(20)7-14(21)9-16)24(2)10-17(25)22-15-5-3-12(19)4-6-15/h3-9,11H,10H2,1-2H3,(H,22,25)(H,23,26)/t11-/m1/s1. The number of amides is 2. The normalized spacial score (nSPS) is 11.9. The van der Waals surface area contributed by atoms with Crippen molar-refractivity contribution in [2.24, 2.45) is 0 Å². The number of rotatable bonds is 6. The van der Waals surface area contributed by atoms with Gasteiger partial charge in [0.2, 0.25) is 11.8 Å². The van der Waals surface area contributed by atoms with Gasteiger partial charge in [0, 0.05) is 26.4 Å². The van der Waals surface area contributed by atoms with Gasteiger partial charge in [0.1, 0.15) is 0 Å². The van der Waals surface area contributed by atoms with Gasteiger partial charge in [-0.15, -0.1) is 0 Å². The summed E-state index contributed by atoms with van der Waals surface area (Å²) in [7, 11) is 1.69. The van der Waals surface area contributed by atoms with Gasteiger partial charge in [-0.1, -0.05) is 34.8 Å². The predicted molar refractivity (Wildman–Crippen MR) is 107 cm³/mol. The minimum absolute atomic E-state index is 0.0491. The largest absolute Gasteiger partial charge is 0.325 e. The smallest absolute Gasteiger partial charge is 0.241 e. The summed E-state index contributed by atoms with van der Waals surface area (Å²) >= 11 is 17.7. The molecule has 0 bridgehead atoms. The molecule has 0 saturated carbocycles. The van der Waals surface area contributed by atoms with Crippen LogP contribution in [0.15, 0.2) is 42.5 Å². The van der Waals surface area contributed by atoms with Crippen LogP contribution < -0.4 is 10.6 Å². The lowest BCUT2D eigenvalue weighted by Gasteiger charge is -2.23. The average molecular weight is 415 g/mol. The Morgan fingerprint density at radius 1 is 0.923 bits per heavy atom. The number of halogens is 3. The third-order valence-electron chi connectivity index (χ3n) is 3.69. The maximum atomic E-state index is 12.4. The number of hydrogen-bond acceptors (Lipinski definition) is 3. The number of nitrogens with zero attached hydrogens (tertiary/aromatic N) is 1. The highest BCUT2D eigenvalue weighted by atomic mass is 35.5. The second kappa shape index (κ2) is 9.24. The molecular weight excluding hydrogens is 397 g/mol. The number of carbonyl (C=O) groups is 2. The Morgan fingerprint density at radius 2 is 1.50 bits per heavy atom. The second-order valence-corrected chi connectivity index (χ2v) is 7.10. The molecule has 0 aromatic heterocycles. The molecule has 0 aliphatic carbocycles. The van der Waals surface area contributed by atoms with Crippen molar-refractivity contribution in [3.8, 4) is 0 Å². The summed E-state index contributed by atoms with van der Waals surface area (Å²) in [6.45, 7) is 1.75. The Kier molecular flexibility index (Phi) is 7.29. The van der Waals surface area contributed by atoms with E-state index >= 15 is 0 Å². The van der Waals surface area contributed by atoms with Gasteiger partial charge in [-0.3, -0.25) is 14.5 Å². The molecule has 2 rings (SSSR count). The maximum absolute atomic E-state index is 12.4. The summed E-state index contributed by atoms with van der Waals surface area (Å²) in [5.74, 6) is -0.509. The van der Waals surface area contributed by atoms with Crippen LogP contribution in [0.2, 0.25) is 15.1 Å². The first-order valence-electron chi connectivity index (χ1n) is 7.77. The van der Waals surface area contributed by atoms with Crippen LogP contribution >= 0.6 is 34.8 Å². The summed E-state index contributed by atoms with van der Waals surface area (Å²) in [6.07, 6.45) is 0. The van der Waals surface area contributed by atoms with E-state index < -0.39 is 6.04 Å². The fourth-order valence-corrected chi connectivity index (χ4v) is 2.82. The zero-order chi connectivity index (χ0) is 19.3. The Balaban J connectivity index is 1.90. The van der Waals surface area contributed by atoms with E-state index in [2.05, 4.69) is 10.6 Å². The lowest BCUT2D eigenvalue weighted by molar-refractivity contribution is -0.122. The van der Waals surface area contributed by atoms with Gasteiger partial charge in [0.05, 0.1) is 12.6 Å². The quantitative estimate of drug-likeness (QED) is 0.729. The van der Waals surface area contributed by atoms with E-state index in [0.717, 1.165) is 0 Å². The van der Waals surface area contributed by atoms with Gasteiger partial charge in [-0.25, -0.2) is 0 Å². The van der Waals surface area contributed by atoms with Gasteiger partial charge in [-0.2, -0.15) is 0 Å². The van der Waals surface area contributed by atoms with Gasteiger partial charge >= 0.3 is 0 Å². The molecule has 0 aliphatic heterocycles. The summed E-state index contributed by atoms with van der Waals surface area (Å²) in [5, 5.41) is 6.93. The number of hydrogen-bond donors (Lipinski definition) is 2. The molecule has 138 valence electrons. The Labute approximate surface area is 167 Å². The molecular formula is C18H18Cl3N3O2. The fraction of sp³-hybridized carbons (Fsp3) is 0.222. The molecule has 26 heavy (non-hydrogen) atoms. The molecule has 2 N–H and O–H groups in total. The Hall–Kier alpha value is -1.79. The van der Waals surface area contributed by atoms with Crippen LogP contribution in [-0.2, 0) is 9.59 Å². The molecule has 0 aliphatic rings. The molecule has 0 saturated heterocycles. The molecule has 8 heteroatoms. The molecule has 2 aromatic carbocycles. The Morgan fingerprint density at radius 3 is 2.08 bits per heavy atom. The van der Waals surface area contributed by atoms with Crippen LogP contribution in [0, 0.1) is 0 Å². The highest BCUT2D eigenvalue weighted by molar-refractivity contribution is 6.35. The van der Waals surface area contributed by atoms with E-state index in [0.29, 0.717) is 26.4 Å². The molecule has 0 unspecified atom stereocenters. The molecule has 0 radical (unpaired) electrons. The number of likely N-dealkylation sites (N-methyl/N-ethyl adjacent to an activating group) is 1. The topological polar surface area (TPSA) is 61.4 Å². The van der Waals surface area contributed by atoms with E-state index in [1.807, 2.05) is 0 Å². The average Bonchev–Trinajstić information content (AvgIpc) is 2.55. The van der Waals surface area contributed by atoms with Crippen molar-refractivity contribution in [3.63, 3.8) is 0 Å². The van der Waals surface area contributed by atoms with E-state index in [9.17, 15) is 9.59 Å². The van der Waals surface area contributed by atoms with E-state index in [1.54, 1.807) is 61.3 Å². The monoisotopic (exact) mass is 413 g/mol. The second-order valence-electron chi connectivity index (χ2n) is 5.79. The summed E-state index contributed by atoms with van der Waals surface area (Å²) in [5.41, 5.74) is 1.14. The SMILES string of the molecule is C[C@H](C(=O)Nc1cc(Cl)cc(Cl)c1)N(C)CC(=O)Nc1ccc(Cl)cc1. The van der Waals surface area contributed by atoms with E-state index in [-0.39, 0.29) is 18.4 Å². The number of benzene rings is 2. The minimum Gasteiger partial charge on any atom is -0.325 e. The van der Waals surface area contributed by atoms with Crippen molar-refractivity contribution in [3.05, 3.63) is 57.5 Å². The van der Waals surface area contributed by atoms with Crippen molar-refractivity contribution in [1.82, 2.24) is 4.90 Å². The van der Waals surface area contributed by atoms with Crippen molar-refractivity contribution in [2.75, 3.05) is 24.2 Å². The molecule has 2 aromatic rings. The number of anilines is 2. The third-order valence-corrected chi connectivity index (χ3v) is 4.38. The van der Waals surface area contributed by atoms with Gasteiger partial charge in [0.15, 0.2) is 0 Å². The minimum atomic E-state index is -0.538. The predicted octanol–water partition coefficient (Wildman–Crippen LogP) is 4.54. The van der Waals surface area contributed by atoms with Gasteiger partial charge in [0.25, 0.3) is 0 Å². The first-order valence-corrected chi connectivity index (χ1v) is 8.90. The lowest BCUT2D eigenvalue weighted by atomic mass is 10.2. The highest BCUT2D eigenvalue weighted by Gasteiger charge is 2.20. The van der Waals surface area contributed by atoms with Crippen molar-refractivity contribution in [2.45, 2.75) is 13.0 Å². The fourth-order valence-electron chi connectivity index (χ4n) is 2.17. The lowest BCUT2D eigenvalue weighted by Crippen LogP contribution is -2.43. The van der Waals surface area contributed by atoms with Gasteiger partial charge in [-0.05, 0) is 56.4 Å². The van der Waals surface area contributed by atoms with Crippen LogP contribution in [0.1, 0.15) is 6.92 Å². The zero-order valence-corrected chi connectivity index (χ0v) is 16.5. The van der Waals surface area contributed by atoms with Crippen LogP contribution in [0.25, 0.3) is 0 Å². The van der Waals surface area contributed by atoms with Crippen molar-refractivity contribution < 1.29 is 9.59 Å². The van der Waals surface area contributed by atoms with Crippen LogP contribution in [0.4, 0.5) is 11.4 Å². The van der Waals surface area contributed by atoms with Crippen LogP contribution in [0.5, 0.6) is 0 Å². The third kappa shape index (κ3) is 6.18. The Bertz CT molecular complexity index is 777. The molecule has 1 atom stereocenters. The summed E-state index contributed by atoms with van der Waals surface area (Å²) in [6, 6.07) is 11.0. The van der Waals surface area contributed by atoms with Crippen LogP contribution in [-0.4, -0.2) is 36.3 Å². The van der Waals surface area contributed by atoms with E-state index in [1.165, 1.54) is 0 Å². The molecule has 0 heterocycles. The first-order chi connectivity index (χ1) is 12.2. The molecule has 2 amide bonds. The molecule has 5 nitrogen and oxygen atoms in total. The highest BCUT2D eigenvalue weighted by Crippen LogP contribution is 2.22. The summed E-state index contributed by atoms with van der Waals surface area (Å²) < 4.78 is 0. The first kappa shape index (κ1) is 20.5. The van der Waals surface area contributed by atoms with Crippen molar-refractivity contribution >= 4 is 58.0 Å². The maximum Gasteiger partial charge on any atom is 0.241 e. The summed E-state index contributed by atoms with van der Waals surface area (Å²) in [4.78, 5) is 26.1. The van der Waals surface area contributed by atoms with Crippen molar-refractivity contribution in [1.29, 1.82) is 0 Å². The zero-order valence-electron chi connectivity index (χ0n) is 14.2. The molecule has 0 fully saturated rings. The van der Waals surface area contributed by atoms with E-state index in [4.69, 9.17) is 34.8 Å². The van der Waals surface area contributed by atoms with Gasteiger partial charge < -0.3 is 10.6 Å².